The Kier molecular flexibility index (Phi) is 3.76. The molecule has 3 heteroatoms. The molecule has 0 radical (unpaired) electrons. The molecule has 3 nitrogen and oxygen atoms in total. The standard InChI is InChI=1S/C23H31NO2/c1-14-15(2)22-20-10-17-6-7-18(25)11-19(17)23(22,12-21(14)26)8-9-24(20)13-16-4-3-5-16/h6-7,11,14-16,20,22,25H,3-5,8-10,12-13H2,1-2H3/t14?,15?,20-,22+,23-/m1/s1. The molecule has 1 aromatic rings. The Labute approximate surface area is 156 Å². The van der Waals surface area contributed by atoms with Gasteiger partial charge in [-0.05, 0) is 73.2 Å². The van der Waals surface area contributed by atoms with Crippen molar-refractivity contribution in [2.75, 3.05) is 13.1 Å². The van der Waals surface area contributed by atoms with Gasteiger partial charge in [0.1, 0.15) is 11.5 Å². The van der Waals surface area contributed by atoms with E-state index in [-0.39, 0.29) is 11.3 Å². The number of hydrogen-bond acceptors (Lipinski definition) is 3. The lowest BCUT2D eigenvalue weighted by Gasteiger charge is -2.62. The fourth-order valence-corrected chi connectivity index (χ4v) is 6.74. The average molecular weight is 354 g/mol. The lowest BCUT2D eigenvalue weighted by Crippen LogP contribution is -2.65. The van der Waals surface area contributed by atoms with E-state index in [1.807, 2.05) is 12.1 Å². The van der Waals surface area contributed by atoms with E-state index in [1.54, 1.807) is 0 Å². The van der Waals surface area contributed by atoms with Crippen molar-refractivity contribution in [3.8, 4) is 5.75 Å². The summed E-state index contributed by atoms with van der Waals surface area (Å²) in [6.45, 7) is 6.82. The van der Waals surface area contributed by atoms with Gasteiger partial charge >= 0.3 is 0 Å². The Morgan fingerprint density at radius 3 is 2.81 bits per heavy atom. The Hall–Kier alpha value is -1.35. The summed E-state index contributed by atoms with van der Waals surface area (Å²) >= 11 is 0. The van der Waals surface area contributed by atoms with Crippen LogP contribution in [0.3, 0.4) is 0 Å². The fourth-order valence-electron chi connectivity index (χ4n) is 6.74. The van der Waals surface area contributed by atoms with Gasteiger partial charge in [-0.2, -0.15) is 0 Å². The molecule has 1 aromatic carbocycles. The van der Waals surface area contributed by atoms with Crippen LogP contribution in [-0.2, 0) is 16.6 Å². The summed E-state index contributed by atoms with van der Waals surface area (Å²) in [6, 6.07) is 6.50. The maximum atomic E-state index is 12.9. The van der Waals surface area contributed by atoms with Crippen molar-refractivity contribution < 1.29 is 9.90 Å². The lowest BCUT2D eigenvalue weighted by atomic mass is 9.47. The number of aromatic hydroxyl groups is 1. The Morgan fingerprint density at radius 2 is 2.08 bits per heavy atom. The van der Waals surface area contributed by atoms with Gasteiger partial charge < -0.3 is 5.11 Å². The van der Waals surface area contributed by atoms with Crippen molar-refractivity contribution in [1.82, 2.24) is 4.90 Å². The molecule has 26 heavy (non-hydrogen) atoms. The Bertz CT molecular complexity index is 740. The molecule has 0 spiro atoms. The van der Waals surface area contributed by atoms with Gasteiger partial charge in [-0.1, -0.05) is 26.3 Å². The second kappa shape index (κ2) is 5.82. The second-order valence-electron chi connectivity index (χ2n) is 9.63. The summed E-state index contributed by atoms with van der Waals surface area (Å²) in [5.41, 5.74) is 2.61. The van der Waals surface area contributed by atoms with Crippen molar-refractivity contribution in [3.05, 3.63) is 29.3 Å². The van der Waals surface area contributed by atoms with Gasteiger partial charge in [0.2, 0.25) is 0 Å². The molecule has 1 heterocycles. The third-order valence-electron chi connectivity index (χ3n) is 8.50. The van der Waals surface area contributed by atoms with Crippen LogP contribution in [0.1, 0.15) is 57.1 Å². The minimum Gasteiger partial charge on any atom is -0.508 e. The number of ketones is 1. The topological polar surface area (TPSA) is 40.5 Å². The number of Topliss-reactive ketones (excluding diaryl/α,β-unsaturated/α-hetero) is 1. The van der Waals surface area contributed by atoms with Crippen molar-refractivity contribution in [1.29, 1.82) is 0 Å². The summed E-state index contributed by atoms with van der Waals surface area (Å²) in [6.07, 6.45) is 7.02. The molecule has 2 unspecified atom stereocenters. The van der Waals surface area contributed by atoms with Gasteiger partial charge in [-0.25, -0.2) is 0 Å². The van der Waals surface area contributed by atoms with E-state index >= 15 is 0 Å². The van der Waals surface area contributed by atoms with Crippen LogP contribution in [0.25, 0.3) is 0 Å². The van der Waals surface area contributed by atoms with Gasteiger partial charge in [0, 0.05) is 30.3 Å². The van der Waals surface area contributed by atoms with Crippen LogP contribution >= 0.6 is 0 Å². The maximum Gasteiger partial charge on any atom is 0.136 e. The monoisotopic (exact) mass is 353 g/mol. The van der Waals surface area contributed by atoms with E-state index in [0.29, 0.717) is 35.8 Å². The molecule has 4 aliphatic rings. The Morgan fingerprint density at radius 1 is 1.27 bits per heavy atom. The molecule has 2 saturated carbocycles. The van der Waals surface area contributed by atoms with Gasteiger partial charge in [0.15, 0.2) is 0 Å². The molecule has 1 aliphatic heterocycles. The van der Waals surface area contributed by atoms with E-state index in [4.69, 9.17) is 0 Å². The number of likely N-dealkylation sites (tertiary alicyclic amines) is 1. The highest BCUT2D eigenvalue weighted by Crippen LogP contribution is 2.58. The first-order valence-corrected chi connectivity index (χ1v) is 10.6. The number of fused-ring (bicyclic) bond motifs is 1. The molecule has 5 rings (SSSR count). The van der Waals surface area contributed by atoms with Crippen molar-refractivity contribution in [3.63, 3.8) is 0 Å². The van der Waals surface area contributed by atoms with Crippen molar-refractivity contribution in [2.24, 2.45) is 23.7 Å². The summed E-state index contributed by atoms with van der Waals surface area (Å²) in [5.74, 6) is 2.79. The van der Waals surface area contributed by atoms with Gasteiger partial charge in [-0.15, -0.1) is 0 Å². The molecule has 1 N–H and O–H groups in total. The number of carbonyl (C=O) groups excluding carboxylic acids is 1. The largest absolute Gasteiger partial charge is 0.508 e. The minimum atomic E-state index is -0.0455. The van der Waals surface area contributed by atoms with Crippen molar-refractivity contribution in [2.45, 2.75) is 63.8 Å². The molecule has 1 saturated heterocycles. The van der Waals surface area contributed by atoms with Crippen LogP contribution < -0.4 is 0 Å². The predicted molar refractivity (Wildman–Crippen MR) is 102 cm³/mol. The molecular formula is C23H31NO2. The summed E-state index contributed by atoms with van der Waals surface area (Å²) in [5, 5.41) is 10.2. The number of rotatable bonds is 2. The third kappa shape index (κ3) is 2.25. The predicted octanol–water partition coefficient (Wildman–Crippen LogP) is 3.92. The molecule has 2 bridgehead atoms. The van der Waals surface area contributed by atoms with Crippen LogP contribution in [0.2, 0.25) is 0 Å². The second-order valence-corrected chi connectivity index (χ2v) is 9.63. The van der Waals surface area contributed by atoms with E-state index in [1.165, 1.54) is 36.9 Å². The SMILES string of the molecule is CC1C(=O)C[C@]23CCN(CC4CCC4)[C@H](Cc4ccc(O)cc42)[C@@H]3C1C. The van der Waals surface area contributed by atoms with Crippen LogP contribution in [0.15, 0.2) is 18.2 Å². The van der Waals surface area contributed by atoms with Gasteiger partial charge in [-0.3, -0.25) is 9.69 Å². The Balaban J connectivity index is 1.60. The number of benzene rings is 1. The third-order valence-corrected chi connectivity index (χ3v) is 8.50. The highest BCUT2D eigenvalue weighted by Gasteiger charge is 2.59. The quantitative estimate of drug-likeness (QED) is 0.876. The maximum absolute atomic E-state index is 12.9. The molecule has 0 aromatic heterocycles. The van der Waals surface area contributed by atoms with Gasteiger partial charge in [0.05, 0.1) is 0 Å². The number of hydrogen-bond donors (Lipinski definition) is 1. The zero-order chi connectivity index (χ0) is 18.1. The van der Waals surface area contributed by atoms with E-state index in [2.05, 4.69) is 24.8 Å². The minimum absolute atomic E-state index is 0.0455. The molecule has 5 atom stereocenters. The average Bonchev–Trinajstić information content (AvgIpc) is 2.58. The number of carbonyl (C=O) groups is 1. The molecule has 0 amide bonds. The number of nitrogens with zero attached hydrogens (tertiary/aromatic N) is 1. The lowest BCUT2D eigenvalue weighted by molar-refractivity contribution is -0.138. The van der Waals surface area contributed by atoms with E-state index in [9.17, 15) is 9.90 Å². The molecule has 3 aliphatic carbocycles. The van der Waals surface area contributed by atoms with E-state index < -0.39 is 0 Å². The number of piperidine rings is 1. The van der Waals surface area contributed by atoms with Gasteiger partial charge in [0.25, 0.3) is 0 Å². The highest BCUT2D eigenvalue weighted by molar-refractivity contribution is 5.84. The van der Waals surface area contributed by atoms with Crippen molar-refractivity contribution >= 4 is 5.78 Å². The zero-order valence-electron chi connectivity index (χ0n) is 16.1. The van der Waals surface area contributed by atoms with Crippen LogP contribution in [-0.4, -0.2) is 34.9 Å². The first kappa shape index (κ1) is 16.8. The van der Waals surface area contributed by atoms with E-state index in [0.717, 1.165) is 25.3 Å². The fraction of sp³-hybridized carbons (Fsp3) is 0.696. The molecular weight excluding hydrogens is 322 g/mol. The highest BCUT2D eigenvalue weighted by atomic mass is 16.3. The van der Waals surface area contributed by atoms with Crippen LogP contribution in [0, 0.1) is 23.7 Å². The first-order chi connectivity index (χ1) is 12.5. The molecule has 3 fully saturated rings. The smallest absolute Gasteiger partial charge is 0.136 e. The molecule has 140 valence electrons. The normalized spacial score (nSPS) is 39.8. The van der Waals surface area contributed by atoms with Crippen LogP contribution in [0.5, 0.6) is 5.75 Å². The number of phenolic OH excluding ortho intramolecular Hbond substituents is 1. The summed E-state index contributed by atoms with van der Waals surface area (Å²) in [7, 11) is 0. The number of phenols is 1. The zero-order valence-corrected chi connectivity index (χ0v) is 16.1. The van der Waals surface area contributed by atoms with Crippen LogP contribution in [0.4, 0.5) is 0 Å². The summed E-state index contributed by atoms with van der Waals surface area (Å²) < 4.78 is 0. The summed E-state index contributed by atoms with van der Waals surface area (Å²) in [4.78, 5) is 15.7. The first-order valence-electron chi connectivity index (χ1n) is 10.6.